The molecule has 134 valence electrons. The summed E-state index contributed by atoms with van der Waals surface area (Å²) in [5.41, 5.74) is 3.32. The van der Waals surface area contributed by atoms with Crippen molar-refractivity contribution in [2.24, 2.45) is 0 Å². The molecule has 7 heteroatoms. The third-order valence-corrected chi connectivity index (χ3v) is 4.77. The van der Waals surface area contributed by atoms with Gasteiger partial charge in [0.1, 0.15) is 11.3 Å². The number of hydrogen-bond acceptors (Lipinski definition) is 5. The summed E-state index contributed by atoms with van der Waals surface area (Å²) in [5.74, 6) is 0.879. The molecule has 0 saturated carbocycles. The van der Waals surface area contributed by atoms with E-state index in [2.05, 4.69) is 31.6 Å². The summed E-state index contributed by atoms with van der Waals surface area (Å²) >= 11 is 0. The standard InChI is InChI=1S/C19H22N6O/c1-2-25-17-6-5-15(12-16(17)22-23-25)19(26)21-13-14-7-8-20-18(11-14)24-9-3-4-10-24/h5-8,11-12H,2-4,9-10,13H2,1H3,(H,21,26). The van der Waals surface area contributed by atoms with E-state index in [1.165, 1.54) is 12.8 Å². The molecular formula is C19H22N6O. The van der Waals surface area contributed by atoms with E-state index in [1.807, 2.05) is 36.0 Å². The molecule has 1 saturated heterocycles. The number of benzene rings is 1. The van der Waals surface area contributed by atoms with Crippen LogP contribution in [0.25, 0.3) is 11.0 Å². The Balaban J connectivity index is 1.44. The number of carbonyl (C=O) groups excluding carboxylic acids is 1. The average Bonchev–Trinajstić information content (AvgIpc) is 3.35. The lowest BCUT2D eigenvalue weighted by atomic mass is 10.1. The van der Waals surface area contributed by atoms with Gasteiger partial charge in [-0.25, -0.2) is 9.67 Å². The summed E-state index contributed by atoms with van der Waals surface area (Å²) in [5, 5.41) is 11.2. The number of hydrogen-bond donors (Lipinski definition) is 1. The summed E-state index contributed by atoms with van der Waals surface area (Å²) in [4.78, 5) is 19.2. The molecular weight excluding hydrogens is 328 g/mol. The minimum atomic E-state index is -0.113. The number of pyridine rings is 1. The maximum Gasteiger partial charge on any atom is 0.251 e. The second kappa shape index (κ2) is 7.11. The van der Waals surface area contributed by atoms with Crippen LogP contribution in [0.2, 0.25) is 0 Å². The number of carbonyl (C=O) groups is 1. The van der Waals surface area contributed by atoms with Crippen LogP contribution in [0.5, 0.6) is 0 Å². The number of amides is 1. The lowest BCUT2D eigenvalue weighted by Crippen LogP contribution is -2.23. The summed E-state index contributed by atoms with van der Waals surface area (Å²) < 4.78 is 1.81. The monoisotopic (exact) mass is 350 g/mol. The molecule has 7 nitrogen and oxygen atoms in total. The minimum Gasteiger partial charge on any atom is -0.357 e. The smallest absolute Gasteiger partial charge is 0.251 e. The molecule has 2 aromatic heterocycles. The first-order valence-corrected chi connectivity index (χ1v) is 9.06. The van der Waals surface area contributed by atoms with Crippen molar-refractivity contribution in [3.05, 3.63) is 47.7 Å². The van der Waals surface area contributed by atoms with E-state index in [9.17, 15) is 4.79 Å². The Bertz CT molecular complexity index is 929. The second-order valence-electron chi connectivity index (χ2n) is 6.51. The van der Waals surface area contributed by atoms with E-state index in [0.717, 1.165) is 42.0 Å². The van der Waals surface area contributed by atoms with Gasteiger partial charge < -0.3 is 10.2 Å². The molecule has 0 atom stereocenters. The van der Waals surface area contributed by atoms with Gasteiger partial charge in [-0.3, -0.25) is 4.79 Å². The lowest BCUT2D eigenvalue weighted by molar-refractivity contribution is 0.0951. The number of aromatic nitrogens is 4. The van der Waals surface area contributed by atoms with Crippen LogP contribution in [-0.2, 0) is 13.1 Å². The first kappa shape index (κ1) is 16.5. The molecule has 0 aliphatic carbocycles. The SMILES string of the molecule is CCn1nnc2cc(C(=O)NCc3ccnc(N4CCCC4)c3)ccc21. The van der Waals surface area contributed by atoms with Crippen molar-refractivity contribution in [1.29, 1.82) is 0 Å². The summed E-state index contributed by atoms with van der Waals surface area (Å²) in [7, 11) is 0. The molecule has 4 rings (SSSR count). The number of fused-ring (bicyclic) bond motifs is 1. The van der Waals surface area contributed by atoms with Crippen LogP contribution < -0.4 is 10.2 Å². The molecule has 0 radical (unpaired) electrons. The summed E-state index contributed by atoms with van der Waals surface area (Å²) in [6, 6.07) is 9.49. The number of anilines is 1. The minimum absolute atomic E-state index is 0.113. The maximum atomic E-state index is 12.5. The molecule has 26 heavy (non-hydrogen) atoms. The second-order valence-corrected chi connectivity index (χ2v) is 6.51. The van der Waals surface area contributed by atoms with E-state index in [1.54, 1.807) is 6.07 Å². The van der Waals surface area contributed by atoms with Crippen molar-refractivity contribution in [2.45, 2.75) is 32.9 Å². The normalized spacial score (nSPS) is 14.1. The Morgan fingerprint density at radius 1 is 1.19 bits per heavy atom. The highest BCUT2D eigenvalue weighted by molar-refractivity contribution is 5.97. The van der Waals surface area contributed by atoms with Crippen molar-refractivity contribution in [3.8, 4) is 0 Å². The van der Waals surface area contributed by atoms with Crippen LogP contribution in [-0.4, -0.2) is 39.0 Å². The number of nitrogens with one attached hydrogen (secondary N) is 1. The van der Waals surface area contributed by atoms with Crippen molar-refractivity contribution in [2.75, 3.05) is 18.0 Å². The topological polar surface area (TPSA) is 75.9 Å². The van der Waals surface area contributed by atoms with E-state index in [0.29, 0.717) is 12.1 Å². The van der Waals surface area contributed by atoms with Crippen LogP contribution in [0.3, 0.4) is 0 Å². The van der Waals surface area contributed by atoms with Crippen LogP contribution in [0.15, 0.2) is 36.5 Å². The summed E-state index contributed by atoms with van der Waals surface area (Å²) in [6.45, 7) is 5.35. The Labute approximate surface area is 152 Å². The van der Waals surface area contributed by atoms with Crippen LogP contribution >= 0.6 is 0 Å². The van der Waals surface area contributed by atoms with Gasteiger partial charge in [-0.1, -0.05) is 5.21 Å². The molecule has 0 spiro atoms. The fourth-order valence-corrected chi connectivity index (χ4v) is 3.32. The van der Waals surface area contributed by atoms with Crippen molar-refractivity contribution in [3.63, 3.8) is 0 Å². The lowest BCUT2D eigenvalue weighted by Gasteiger charge is -2.17. The largest absolute Gasteiger partial charge is 0.357 e. The van der Waals surface area contributed by atoms with Crippen LogP contribution in [0, 0.1) is 0 Å². The third kappa shape index (κ3) is 3.24. The number of nitrogens with zero attached hydrogens (tertiary/aromatic N) is 5. The predicted octanol–water partition coefficient (Wildman–Crippen LogP) is 2.38. The highest BCUT2D eigenvalue weighted by Crippen LogP contribution is 2.18. The zero-order valence-corrected chi connectivity index (χ0v) is 14.9. The number of rotatable bonds is 5. The fourth-order valence-electron chi connectivity index (χ4n) is 3.32. The number of aryl methyl sites for hydroxylation is 1. The summed E-state index contributed by atoms with van der Waals surface area (Å²) in [6.07, 6.45) is 4.24. The van der Waals surface area contributed by atoms with Gasteiger partial charge in [0.2, 0.25) is 0 Å². The first-order valence-electron chi connectivity index (χ1n) is 9.06. The van der Waals surface area contributed by atoms with Gasteiger partial charge in [-0.05, 0) is 55.7 Å². The van der Waals surface area contributed by atoms with Crippen molar-refractivity contribution >= 4 is 22.8 Å². The highest BCUT2D eigenvalue weighted by atomic mass is 16.1. The fraction of sp³-hybridized carbons (Fsp3) is 0.368. The van der Waals surface area contributed by atoms with Crippen LogP contribution in [0.4, 0.5) is 5.82 Å². The van der Waals surface area contributed by atoms with E-state index < -0.39 is 0 Å². The molecule has 1 fully saturated rings. The van der Waals surface area contributed by atoms with E-state index in [-0.39, 0.29) is 5.91 Å². The Hall–Kier alpha value is -2.96. The van der Waals surface area contributed by atoms with Gasteiger partial charge in [-0.2, -0.15) is 0 Å². The predicted molar refractivity (Wildman–Crippen MR) is 100 cm³/mol. The third-order valence-electron chi connectivity index (χ3n) is 4.77. The van der Waals surface area contributed by atoms with Crippen molar-refractivity contribution in [1.82, 2.24) is 25.3 Å². The first-order chi connectivity index (χ1) is 12.7. The molecule has 0 unspecified atom stereocenters. The van der Waals surface area contributed by atoms with E-state index >= 15 is 0 Å². The molecule has 1 aliphatic heterocycles. The zero-order chi connectivity index (χ0) is 17.9. The molecule has 1 aromatic carbocycles. The average molecular weight is 350 g/mol. The molecule has 1 N–H and O–H groups in total. The van der Waals surface area contributed by atoms with Gasteiger partial charge in [0.15, 0.2) is 0 Å². The zero-order valence-electron chi connectivity index (χ0n) is 14.9. The van der Waals surface area contributed by atoms with Gasteiger partial charge in [0.25, 0.3) is 5.91 Å². The molecule has 3 aromatic rings. The van der Waals surface area contributed by atoms with E-state index in [4.69, 9.17) is 0 Å². The Kier molecular flexibility index (Phi) is 4.51. The van der Waals surface area contributed by atoms with Gasteiger partial charge in [0, 0.05) is 37.9 Å². The molecule has 1 amide bonds. The molecule has 1 aliphatic rings. The van der Waals surface area contributed by atoms with Crippen LogP contribution in [0.1, 0.15) is 35.7 Å². The maximum absolute atomic E-state index is 12.5. The van der Waals surface area contributed by atoms with Crippen molar-refractivity contribution < 1.29 is 4.79 Å². The van der Waals surface area contributed by atoms with Gasteiger partial charge in [-0.15, -0.1) is 5.10 Å². The van der Waals surface area contributed by atoms with Gasteiger partial charge >= 0.3 is 0 Å². The molecule has 0 bridgehead atoms. The Morgan fingerprint density at radius 3 is 2.85 bits per heavy atom. The highest BCUT2D eigenvalue weighted by Gasteiger charge is 2.14. The van der Waals surface area contributed by atoms with Gasteiger partial charge in [0.05, 0.1) is 5.52 Å². The quantitative estimate of drug-likeness (QED) is 0.764. The Morgan fingerprint density at radius 2 is 2.04 bits per heavy atom. The molecule has 3 heterocycles.